The highest BCUT2D eigenvalue weighted by Crippen LogP contribution is 2.19. The van der Waals surface area contributed by atoms with Gasteiger partial charge in [0.1, 0.15) is 12.1 Å². The Kier molecular flexibility index (Phi) is 2.88. The van der Waals surface area contributed by atoms with Crippen molar-refractivity contribution in [2.45, 2.75) is 27.3 Å². The third-order valence-electron chi connectivity index (χ3n) is 2.77. The molecule has 16 heavy (non-hydrogen) atoms. The standard InChI is InChI=1S/C13H17N2O/c1-9-6-10(2)13-12(7-9)11(3)8-15(14-13)4-5-16/h6-8,16H,4-5H2,1-3H3/q+1. The summed E-state index contributed by atoms with van der Waals surface area (Å²) in [7, 11) is 0. The first-order valence-electron chi connectivity index (χ1n) is 5.51. The van der Waals surface area contributed by atoms with Crippen molar-refractivity contribution in [2.75, 3.05) is 6.61 Å². The lowest BCUT2D eigenvalue weighted by atomic mass is 10.0. The van der Waals surface area contributed by atoms with Gasteiger partial charge in [0.2, 0.25) is 0 Å². The molecule has 84 valence electrons. The number of hydrogen-bond donors (Lipinski definition) is 1. The average Bonchev–Trinajstić information content (AvgIpc) is 2.20. The minimum Gasteiger partial charge on any atom is -0.390 e. The monoisotopic (exact) mass is 217 g/mol. The normalized spacial score (nSPS) is 11.0. The maximum Gasteiger partial charge on any atom is 0.199 e. The first-order valence-corrected chi connectivity index (χ1v) is 5.51. The van der Waals surface area contributed by atoms with Crippen molar-refractivity contribution in [3.05, 3.63) is 35.0 Å². The summed E-state index contributed by atoms with van der Waals surface area (Å²) in [6, 6.07) is 4.30. The molecule has 0 fully saturated rings. The molecule has 1 heterocycles. The van der Waals surface area contributed by atoms with Crippen LogP contribution in [0, 0.1) is 20.8 Å². The number of nitrogens with zero attached hydrogens (tertiary/aromatic N) is 2. The van der Waals surface area contributed by atoms with Gasteiger partial charge in [-0.05, 0) is 32.4 Å². The van der Waals surface area contributed by atoms with E-state index in [1.165, 1.54) is 22.1 Å². The zero-order valence-electron chi connectivity index (χ0n) is 9.99. The van der Waals surface area contributed by atoms with Crippen LogP contribution in [0.5, 0.6) is 0 Å². The SMILES string of the molecule is Cc1cc(C)c2n[n+](CCO)cc(C)c2c1. The van der Waals surface area contributed by atoms with Crippen LogP contribution < -0.4 is 4.68 Å². The first kappa shape index (κ1) is 11.0. The number of aliphatic hydroxyl groups excluding tert-OH is 1. The summed E-state index contributed by atoms with van der Waals surface area (Å²) in [5, 5.41) is 14.7. The van der Waals surface area contributed by atoms with E-state index in [1.807, 2.05) is 6.20 Å². The van der Waals surface area contributed by atoms with E-state index in [1.54, 1.807) is 4.68 Å². The maximum absolute atomic E-state index is 8.94. The van der Waals surface area contributed by atoms with E-state index in [-0.39, 0.29) is 6.61 Å². The lowest BCUT2D eigenvalue weighted by Gasteiger charge is -2.04. The van der Waals surface area contributed by atoms with Crippen molar-refractivity contribution in [1.29, 1.82) is 0 Å². The lowest BCUT2D eigenvalue weighted by Crippen LogP contribution is -2.39. The van der Waals surface area contributed by atoms with Crippen LogP contribution in [0.4, 0.5) is 0 Å². The predicted octanol–water partition coefficient (Wildman–Crippen LogP) is 1.44. The number of aryl methyl sites for hydroxylation is 3. The first-order chi connectivity index (χ1) is 7.61. The second-order valence-corrected chi connectivity index (χ2v) is 4.28. The molecule has 3 heteroatoms. The number of aliphatic hydroxyl groups is 1. The Morgan fingerprint density at radius 3 is 2.62 bits per heavy atom. The smallest absolute Gasteiger partial charge is 0.199 e. The molecule has 0 saturated carbocycles. The van der Waals surface area contributed by atoms with E-state index >= 15 is 0 Å². The van der Waals surface area contributed by atoms with Crippen LogP contribution in [0.2, 0.25) is 0 Å². The van der Waals surface area contributed by atoms with Gasteiger partial charge in [0.15, 0.2) is 12.7 Å². The Morgan fingerprint density at radius 2 is 1.94 bits per heavy atom. The summed E-state index contributed by atoms with van der Waals surface area (Å²) >= 11 is 0. The molecule has 0 atom stereocenters. The summed E-state index contributed by atoms with van der Waals surface area (Å²) in [5.41, 5.74) is 4.67. The second kappa shape index (κ2) is 4.18. The molecule has 1 N–H and O–H groups in total. The van der Waals surface area contributed by atoms with E-state index < -0.39 is 0 Å². The second-order valence-electron chi connectivity index (χ2n) is 4.28. The van der Waals surface area contributed by atoms with Crippen molar-refractivity contribution in [3.63, 3.8) is 0 Å². The van der Waals surface area contributed by atoms with Gasteiger partial charge in [-0.2, -0.15) is 0 Å². The number of fused-ring (bicyclic) bond motifs is 1. The van der Waals surface area contributed by atoms with E-state index in [9.17, 15) is 0 Å². The van der Waals surface area contributed by atoms with Gasteiger partial charge >= 0.3 is 0 Å². The fourth-order valence-corrected chi connectivity index (χ4v) is 2.06. The summed E-state index contributed by atoms with van der Waals surface area (Å²) in [5.74, 6) is 0. The minimum atomic E-state index is 0.119. The number of hydrogen-bond acceptors (Lipinski definition) is 2. The highest BCUT2D eigenvalue weighted by atomic mass is 16.3. The molecule has 0 amide bonds. The van der Waals surface area contributed by atoms with Gasteiger partial charge in [0.05, 0.1) is 0 Å². The Hall–Kier alpha value is -1.48. The van der Waals surface area contributed by atoms with Gasteiger partial charge in [0, 0.05) is 16.0 Å². The highest BCUT2D eigenvalue weighted by molar-refractivity contribution is 5.84. The number of benzene rings is 1. The third-order valence-corrected chi connectivity index (χ3v) is 2.77. The zero-order valence-corrected chi connectivity index (χ0v) is 9.99. The number of rotatable bonds is 2. The molecule has 0 unspecified atom stereocenters. The fourth-order valence-electron chi connectivity index (χ4n) is 2.06. The molecule has 3 nitrogen and oxygen atoms in total. The minimum absolute atomic E-state index is 0.119. The van der Waals surface area contributed by atoms with Gasteiger partial charge in [-0.3, -0.25) is 0 Å². The molecule has 0 bridgehead atoms. The van der Waals surface area contributed by atoms with Crippen molar-refractivity contribution in [3.8, 4) is 0 Å². The van der Waals surface area contributed by atoms with E-state index in [4.69, 9.17) is 5.11 Å². The van der Waals surface area contributed by atoms with Crippen molar-refractivity contribution in [1.82, 2.24) is 5.10 Å². The zero-order chi connectivity index (χ0) is 11.7. The molecule has 0 radical (unpaired) electrons. The molecule has 0 aliphatic rings. The largest absolute Gasteiger partial charge is 0.390 e. The topological polar surface area (TPSA) is 37.0 Å². The van der Waals surface area contributed by atoms with Gasteiger partial charge in [-0.25, -0.2) is 0 Å². The average molecular weight is 217 g/mol. The Labute approximate surface area is 95.3 Å². The van der Waals surface area contributed by atoms with Crippen LogP contribution in [0.15, 0.2) is 18.3 Å². The van der Waals surface area contributed by atoms with Crippen molar-refractivity contribution < 1.29 is 9.79 Å². The van der Waals surface area contributed by atoms with Gasteiger partial charge in [-0.1, -0.05) is 16.3 Å². The summed E-state index contributed by atoms with van der Waals surface area (Å²) in [6.07, 6.45) is 1.98. The fraction of sp³-hybridized carbons (Fsp3) is 0.385. The quantitative estimate of drug-likeness (QED) is 0.773. The molecule has 1 aromatic carbocycles. The highest BCUT2D eigenvalue weighted by Gasteiger charge is 2.11. The Bertz CT molecular complexity index is 535. The van der Waals surface area contributed by atoms with Crippen molar-refractivity contribution in [2.24, 2.45) is 0 Å². The Morgan fingerprint density at radius 1 is 1.19 bits per heavy atom. The van der Waals surface area contributed by atoms with Crippen LogP contribution in [0.25, 0.3) is 10.9 Å². The van der Waals surface area contributed by atoms with E-state index in [2.05, 4.69) is 38.0 Å². The van der Waals surface area contributed by atoms with Crippen LogP contribution in [-0.2, 0) is 6.54 Å². The molecule has 0 spiro atoms. The predicted molar refractivity (Wildman–Crippen MR) is 63.2 cm³/mol. The summed E-state index contributed by atoms with van der Waals surface area (Å²) < 4.78 is 1.81. The van der Waals surface area contributed by atoms with Gasteiger partial charge < -0.3 is 5.11 Å². The Balaban J connectivity index is 2.71. The van der Waals surface area contributed by atoms with Gasteiger partial charge in [-0.15, -0.1) is 0 Å². The molecule has 2 rings (SSSR count). The van der Waals surface area contributed by atoms with Crippen LogP contribution in [0.3, 0.4) is 0 Å². The van der Waals surface area contributed by atoms with Gasteiger partial charge in [0.25, 0.3) is 0 Å². The third kappa shape index (κ3) is 1.91. The summed E-state index contributed by atoms with van der Waals surface area (Å²) in [6.45, 7) is 6.92. The summed E-state index contributed by atoms with van der Waals surface area (Å²) in [4.78, 5) is 0. The molecular formula is C13H17N2O+. The molecular weight excluding hydrogens is 200 g/mol. The van der Waals surface area contributed by atoms with Crippen LogP contribution >= 0.6 is 0 Å². The molecule has 0 aliphatic heterocycles. The number of aromatic nitrogens is 2. The molecule has 0 saturated heterocycles. The molecule has 0 aliphatic carbocycles. The van der Waals surface area contributed by atoms with Crippen LogP contribution in [0.1, 0.15) is 16.7 Å². The van der Waals surface area contributed by atoms with Crippen LogP contribution in [-0.4, -0.2) is 16.8 Å². The van der Waals surface area contributed by atoms with E-state index in [0.29, 0.717) is 6.54 Å². The molecule has 1 aromatic heterocycles. The molecule has 2 aromatic rings. The maximum atomic E-state index is 8.94. The van der Waals surface area contributed by atoms with E-state index in [0.717, 1.165) is 5.52 Å². The van der Waals surface area contributed by atoms with Crippen molar-refractivity contribution >= 4 is 10.9 Å². The lowest BCUT2D eigenvalue weighted by molar-refractivity contribution is -0.752.